The molecule has 0 bridgehead atoms. The van der Waals surface area contributed by atoms with E-state index in [1.54, 1.807) is 11.3 Å². The van der Waals surface area contributed by atoms with Gasteiger partial charge in [0, 0.05) is 15.5 Å². The van der Waals surface area contributed by atoms with E-state index in [2.05, 4.69) is 44.2 Å². The Balaban J connectivity index is 2.03. The summed E-state index contributed by atoms with van der Waals surface area (Å²) in [5.74, 6) is 0. The molecule has 0 aliphatic rings. The van der Waals surface area contributed by atoms with E-state index in [-0.39, 0.29) is 0 Å². The van der Waals surface area contributed by atoms with Crippen molar-refractivity contribution >= 4 is 34.6 Å². The van der Waals surface area contributed by atoms with E-state index in [1.165, 1.54) is 10.4 Å². The summed E-state index contributed by atoms with van der Waals surface area (Å²) < 4.78 is 0. The van der Waals surface area contributed by atoms with E-state index in [0.29, 0.717) is 10.6 Å². The molecule has 0 spiro atoms. The minimum absolute atomic E-state index is 0.570. The zero-order chi connectivity index (χ0) is 17.8. The average molecular weight is 365 g/mol. The number of nitriles is 1. The van der Waals surface area contributed by atoms with Crippen LogP contribution in [0.4, 0.5) is 0 Å². The number of hydrogen-bond acceptors (Lipinski definition) is 3. The maximum atomic E-state index is 9.60. The molecule has 0 aliphatic heterocycles. The molecule has 2 nitrogen and oxygen atoms in total. The third-order valence-electron chi connectivity index (χ3n) is 3.88. The first-order valence-corrected chi connectivity index (χ1v) is 9.24. The van der Waals surface area contributed by atoms with Crippen molar-refractivity contribution in [3.05, 3.63) is 74.6 Å². The normalized spacial score (nSPS) is 11.4. The summed E-state index contributed by atoms with van der Waals surface area (Å²) in [6.45, 7) is 4.18. The third-order valence-corrected chi connectivity index (χ3v) is 5.36. The van der Waals surface area contributed by atoms with Crippen molar-refractivity contribution in [3.8, 4) is 17.3 Å². The zero-order valence-corrected chi connectivity index (χ0v) is 15.7. The van der Waals surface area contributed by atoms with Gasteiger partial charge in [0.15, 0.2) is 0 Å². The molecule has 2 aromatic carbocycles. The second-order valence-corrected chi connectivity index (χ2v) is 7.25. The van der Waals surface area contributed by atoms with Crippen LogP contribution in [0, 0.1) is 18.3 Å². The lowest BCUT2D eigenvalue weighted by Crippen LogP contribution is -1.85. The van der Waals surface area contributed by atoms with Crippen LogP contribution < -0.4 is 0 Å². The van der Waals surface area contributed by atoms with Gasteiger partial charge in [-0.05, 0) is 37.1 Å². The summed E-state index contributed by atoms with van der Waals surface area (Å²) in [7, 11) is 0. The Labute approximate surface area is 157 Å². The lowest BCUT2D eigenvalue weighted by atomic mass is 10.1. The van der Waals surface area contributed by atoms with Gasteiger partial charge < -0.3 is 0 Å². The highest BCUT2D eigenvalue weighted by molar-refractivity contribution is 7.13. The number of allylic oxidation sites excluding steroid dienone is 1. The minimum Gasteiger partial charge on any atom is -0.235 e. The van der Waals surface area contributed by atoms with Crippen molar-refractivity contribution in [1.82, 2.24) is 4.98 Å². The number of aromatic nitrogens is 1. The van der Waals surface area contributed by atoms with E-state index < -0.39 is 0 Å². The van der Waals surface area contributed by atoms with Crippen molar-refractivity contribution in [2.45, 2.75) is 20.3 Å². The van der Waals surface area contributed by atoms with Crippen LogP contribution in [0.3, 0.4) is 0 Å². The molecule has 3 rings (SSSR count). The monoisotopic (exact) mass is 364 g/mol. The third kappa shape index (κ3) is 3.99. The number of halogens is 1. The maximum absolute atomic E-state index is 9.60. The molecule has 1 heterocycles. The van der Waals surface area contributed by atoms with Gasteiger partial charge in [-0.2, -0.15) is 5.26 Å². The summed E-state index contributed by atoms with van der Waals surface area (Å²) in [6.07, 6.45) is 2.74. The predicted molar refractivity (Wildman–Crippen MR) is 107 cm³/mol. The van der Waals surface area contributed by atoms with Gasteiger partial charge in [-0.15, -0.1) is 11.3 Å². The van der Waals surface area contributed by atoms with Crippen LogP contribution in [0.1, 0.15) is 27.9 Å². The highest BCUT2D eigenvalue weighted by Gasteiger charge is 2.14. The molecular weight excluding hydrogens is 348 g/mol. The number of benzene rings is 2. The van der Waals surface area contributed by atoms with Crippen LogP contribution in [0.15, 0.2) is 48.5 Å². The topological polar surface area (TPSA) is 36.7 Å². The van der Waals surface area contributed by atoms with Gasteiger partial charge in [-0.25, -0.2) is 4.98 Å². The standard InChI is InChI=1S/C21H17ClN2S/c1-3-19-20(16-8-4-14(2)5-9-16)24-21(25-19)17(13-23)12-15-6-10-18(22)11-7-15/h4-12H,3H2,1-2H3/b17-12+. The van der Waals surface area contributed by atoms with Gasteiger partial charge in [-0.3, -0.25) is 0 Å². The Bertz CT molecular complexity index is 945. The van der Waals surface area contributed by atoms with E-state index >= 15 is 0 Å². The summed E-state index contributed by atoms with van der Waals surface area (Å²) in [6, 6.07) is 18.1. The average Bonchev–Trinajstić information content (AvgIpc) is 3.06. The van der Waals surface area contributed by atoms with Gasteiger partial charge in [0.2, 0.25) is 0 Å². The molecule has 4 heteroatoms. The number of nitrogens with zero attached hydrogens (tertiary/aromatic N) is 2. The molecule has 0 atom stereocenters. The van der Waals surface area contributed by atoms with Crippen LogP contribution in [-0.4, -0.2) is 4.98 Å². The summed E-state index contributed by atoms with van der Waals surface area (Å²) in [5, 5.41) is 11.0. The van der Waals surface area contributed by atoms with Crippen LogP contribution in [-0.2, 0) is 6.42 Å². The molecule has 25 heavy (non-hydrogen) atoms. The molecular formula is C21H17ClN2S. The number of thiazole rings is 1. The largest absolute Gasteiger partial charge is 0.235 e. The summed E-state index contributed by atoms with van der Waals surface area (Å²) in [5.41, 5.74) is 4.79. The van der Waals surface area contributed by atoms with Gasteiger partial charge >= 0.3 is 0 Å². The molecule has 124 valence electrons. The summed E-state index contributed by atoms with van der Waals surface area (Å²) >= 11 is 7.51. The molecule has 0 amide bonds. The predicted octanol–water partition coefficient (Wildman–Crippen LogP) is 6.40. The SMILES string of the molecule is CCc1sc(/C(C#N)=C/c2ccc(Cl)cc2)nc1-c1ccc(C)cc1. The Kier molecular flexibility index (Phi) is 5.33. The zero-order valence-electron chi connectivity index (χ0n) is 14.1. The second kappa shape index (κ2) is 7.65. The fraction of sp³-hybridized carbons (Fsp3) is 0.143. The van der Waals surface area contributed by atoms with Gasteiger partial charge in [0.05, 0.1) is 11.3 Å². The Hall–Kier alpha value is -2.41. The molecule has 3 aromatic rings. The number of hydrogen-bond donors (Lipinski definition) is 0. The molecule has 0 saturated heterocycles. The van der Waals surface area contributed by atoms with Crippen molar-refractivity contribution in [2.75, 3.05) is 0 Å². The molecule has 0 fully saturated rings. The van der Waals surface area contributed by atoms with Crippen molar-refractivity contribution in [3.63, 3.8) is 0 Å². The molecule has 0 unspecified atom stereocenters. The van der Waals surface area contributed by atoms with Gasteiger partial charge in [-0.1, -0.05) is 60.5 Å². The Morgan fingerprint density at radius 2 is 1.84 bits per heavy atom. The van der Waals surface area contributed by atoms with Crippen molar-refractivity contribution in [2.24, 2.45) is 0 Å². The van der Waals surface area contributed by atoms with Crippen LogP contribution in [0.2, 0.25) is 5.02 Å². The quantitative estimate of drug-likeness (QED) is 0.502. The van der Waals surface area contributed by atoms with Crippen molar-refractivity contribution in [1.29, 1.82) is 5.26 Å². The van der Waals surface area contributed by atoms with Crippen molar-refractivity contribution < 1.29 is 0 Å². The highest BCUT2D eigenvalue weighted by Crippen LogP contribution is 2.33. The number of aryl methyl sites for hydroxylation is 2. The van der Waals surface area contributed by atoms with Gasteiger partial charge in [0.1, 0.15) is 11.1 Å². The molecule has 1 aromatic heterocycles. The highest BCUT2D eigenvalue weighted by atomic mass is 35.5. The van der Waals surface area contributed by atoms with Crippen LogP contribution in [0.5, 0.6) is 0 Å². The first kappa shape index (κ1) is 17.4. The fourth-order valence-corrected chi connectivity index (χ4v) is 3.63. The van der Waals surface area contributed by atoms with Gasteiger partial charge in [0.25, 0.3) is 0 Å². The minimum atomic E-state index is 0.570. The Morgan fingerprint density at radius 3 is 2.44 bits per heavy atom. The van der Waals surface area contributed by atoms with E-state index in [1.807, 2.05) is 30.3 Å². The van der Waals surface area contributed by atoms with E-state index in [9.17, 15) is 5.26 Å². The van der Waals surface area contributed by atoms with E-state index in [4.69, 9.17) is 16.6 Å². The fourth-order valence-electron chi connectivity index (χ4n) is 2.51. The summed E-state index contributed by atoms with van der Waals surface area (Å²) in [4.78, 5) is 5.96. The second-order valence-electron chi connectivity index (χ2n) is 5.73. The smallest absolute Gasteiger partial charge is 0.134 e. The first-order valence-electron chi connectivity index (χ1n) is 8.05. The molecule has 0 radical (unpaired) electrons. The first-order chi connectivity index (χ1) is 12.1. The molecule has 0 N–H and O–H groups in total. The Morgan fingerprint density at radius 1 is 1.16 bits per heavy atom. The molecule has 0 saturated carbocycles. The lowest BCUT2D eigenvalue weighted by Gasteiger charge is -2.00. The molecule has 0 aliphatic carbocycles. The number of rotatable bonds is 4. The van der Waals surface area contributed by atoms with Crippen LogP contribution >= 0.6 is 22.9 Å². The van der Waals surface area contributed by atoms with E-state index in [0.717, 1.165) is 28.2 Å². The maximum Gasteiger partial charge on any atom is 0.134 e. The van der Waals surface area contributed by atoms with Crippen LogP contribution in [0.25, 0.3) is 22.9 Å². The lowest BCUT2D eigenvalue weighted by molar-refractivity contribution is 1.17.